The molecular formula is C26H32FN5O2. The number of rotatable bonds is 5. The number of hydrogen-bond donors (Lipinski definition) is 1. The normalized spacial score (nSPS) is 34.7. The first-order chi connectivity index (χ1) is 16.4. The van der Waals surface area contributed by atoms with E-state index in [0.29, 0.717) is 19.0 Å². The van der Waals surface area contributed by atoms with Gasteiger partial charge >= 0.3 is 0 Å². The average molecular weight is 466 g/mol. The molecule has 0 aromatic heterocycles. The number of likely N-dealkylation sites (tertiary alicyclic amines) is 3. The van der Waals surface area contributed by atoms with E-state index >= 15 is 0 Å². The lowest BCUT2D eigenvalue weighted by Gasteiger charge is -2.50. The monoisotopic (exact) mass is 465 g/mol. The van der Waals surface area contributed by atoms with Gasteiger partial charge in [-0.15, -0.1) is 0 Å². The number of nitrogens with zero attached hydrogens (tertiary/aromatic N) is 4. The van der Waals surface area contributed by atoms with Gasteiger partial charge in [0, 0.05) is 25.2 Å². The highest BCUT2D eigenvalue weighted by atomic mass is 19.1. The molecular weight excluding hydrogens is 433 g/mol. The van der Waals surface area contributed by atoms with Crippen LogP contribution >= 0.6 is 0 Å². The molecule has 0 radical (unpaired) electrons. The molecule has 3 heterocycles. The van der Waals surface area contributed by atoms with Crippen LogP contribution in [-0.2, 0) is 15.1 Å². The van der Waals surface area contributed by atoms with E-state index in [4.69, 9.17) is 5.73 Å². The van der Waals surface area contributed by atoms with Crippen LogP contribution in [0.4, 0.5) is 4.39 Å². The van der Waals surface area contributed by atoms with Crippen molar-refractivity contribution in [2.75, 3.05) is 13.1 Å². The Kier molecular flexibility index (Phi) is 5.19. The van der Waals surface area contributed by atoms with E-state index in [1.807, 2.05) is 12.1 Å². The zero-order chi connectivity index (χ0) is 23.6. The number of fused-ring (bicyclic) bond motifs is 3. The molecule has 5 aliphatic rings. The summed E-state index contributed by atoms with van der Waals surface area (Å²) in [6.07, 6.45) is 7.55. The lowest BCUT2D eigenvalue weighted by atomic mass is 9.74. The summed E-state index contributed by atoms with van der Waals surface area (Å²) in [5, 5.41) is 9.43. The van der Waals surface area contributed by atoms with E-state index in [1.165, 1.54) is 12.1 Å². The fourth-order valence-corrected chi connectivity index (χ4v) is 7.40. The average Bonchev–Trinajstić information content (AvgIpc) is 3.17. The Labute approximate surface area is 199 Å². The molecule has 1 aromatic rings. The fourth-order valence-electron chi connectivity index (χ4n) is 7.40. The molecule has 3 saturated heterocycles. The molecule has 1 aromatic carbocycles. The first-order valence-electron chi connectivity index (χ1n) is 12.7. The van der Waals surface area contributed by atoms with Crippen LogP contribution in [0.15, 0.2) is 24.3 Å². The highest BCUT2D eigenvalue weighted by Gasteiger charge is 2.58. The van der Waals surface area contributed by atoms with Crippen LogP contribution in [0.2, 0.25) is 0 Å². The van der Waals surface area contributed by atoms with Gasteiger partial charge in [0.2, 0.25) is 11.8 Å². The van der Waals surface area contributed by atoms with Crippen molar-refractivity contribution in [2.24, 2.45) is 11.7 Å². The van der Waals surface area contributed by atoms with Crippen molar-refractivity contribution in [1.29, 1.82) is 5.26 Å². The predicted molar refractivity (Wildman–Crippen MR) is 123 cm³/mol. The quantitative estimate of drug-likeness (QED) is 0.719. The number of benzene rings is 1. The molecule has 3 aliphatic heterocycles. The van der Waals surface area contributed by atoms with Crippen molar-refractivity contribution in [2.45, 2.75) is 87.1 Å². The van der Waals surface area contributed by atoms with Gasteiger partial charge in [-0.05, 0) is 55.7 Å². The van der Waals surface area contributed by atoms with Gasteiger partial charge in [0.25, 0.3) is 0 Å². The predicted octanol–water partition coefficient (Wildman–Crippen LogP) is 2.11. The maximum atomic E-state index is 13.7. The van der Waals surface area contributed by atoms with Crippen molar-refractivity contribution in [3.63, 3.8) is 0 Å². The molecule has 2 bridgehead atoms. The largest absolute Gasteiger partial charge is 0.327 e. The summed E-state index contributed by atoms with van der Waals surface area (Å²) in [5.74, 6) is 0.152. The maximum Gasteiger partial charge on any atom is 0.242 e. The smallest absolute Gasteiger partial charge is 0.242 e. The Morgan fingerprint density at radius 3 is 2.59 bits per heavy atom. The number of nitriles is 1. The summed E-state index contributed by atoms with van der Waals surface area (Å²) >= 11 is 0. The molecule has 0 spiro atoms. The Hall–Kier alpha value is -2.50. The second-order valence-electron chi connectivity index (χ2n) is 11.0. The molecule has 2 N–H and O–H groups in total. The molecule has 2 saturated carbocycles. The molecule has 2 aliphatic carbocycles. The number of carbonyl (C=O) groups is 2. The van der Waals surface area contributed by atoms with Gasteiger partial charge in [0.1, 0.15) is 11.9 Å². The zero-order valence-electron chi connectivity index (χ0n) is 19.4. The fraction of sp³-hybridized carbons (Fsp3) is 0.654. The number of hydrogen-bond acceptors (Lipinski definition) is 5. The number of amides is 2. The first-order valence-corrected chi connectivity index (χ1v) is 12.7. The molecule has 34 heavy (non-hydrogen) atoms. The van der Waals surface area contributed by atoms with Crippen molar-refractivity contribution in [1.82, 2.24) is 14.7 Å². The number of halogens is 1. The highest BCUT2D eigenvalue weighted by molar-refractivity contribution is 5.87. The summed E-state index contributed by atoms with van der Waals surface area (Å²) < 4.78 is 13.7. The van der Waals surface area contributed by atoms with Gasteiger partial charge < -0.3 is 15.5 Å². The van der Waals surface area contributed by atoms with Crippen molar-refractivity contribution in [3.8, 4) is 6.07 Å². The van der Waals surface area contributed by atoms with Gasteiger partial charge in [-0.25, -0.2) is 4.39 Å². The van der Waals surface area contributed by atoms with Gasteiger partial charge in [-0.2, -0.15) is 5.26 Å². The molecule has 2 amide bonds. The van der Waals surface area contributed by atoms with E-state index < -0.39 is 6.04 Å². The lowest BCUT2D eigenvalue weighted by molar-refractivity contribution is -0.147. The molecule has 7 nitrogen and oxygen atoms in total. The Bertz CT molecular complexity index is 1030. The molecule has 5 fully saturated rings. The standard InChI is InChI=1S/C26H32FN5O2/c27-18-6-4-17(5-7-18)26(8-2-1-3-9-26)32-20-12-23(25(32)34)30(14-20)15-21(29)24(33)31-19(13-28)10-16-11-22(16)31/h4-7,16,19-23H,1-3,8-12,14-15,29H2/t16-,19+,20-,21+,22+,23?/m1/s1. The van der Waals surface area contributed by atoms with E-state index in [9.17, 15) is 19.2 Å². The Balaban J connectivity index is 1.18. The molecule has 180 valence electrons. The summed E-state index contributed by atoms with van der Waals surface area (Å²) in [7, 11) is 0. The summed E-state index contributed by atoms with van der Waals surface area (Å²) in [4.78, 5) is 32.7. The van der Waals surface area contributed by atoms with Crippen molar-refractivity contribution < 1.29 is 14.0 Å². The number of piperazine rings is 1. The number of piperidine rings is 1. The molecule has 8 heteroatoms. The minimum absolute atomic E-state index is 0.0782. The van der Waals surface area contributed by atoms with Crippen LogP contribution in [-0.4, -0.2) is 69.8 Å². The SMILES string of the molecule is N#C[C@@H]1C[C@@H]2C[C@@H]2N1C(=O)[C@@H](N)CN1C[C@H]2CC1C(=O)N2C1(c2ccc(F)cc2)CCCCC1. The van der Waals surface area contributed by atoms with Crippen LogP contribution in [0.25, 0.3) is 0 Å². The van der Waals surface area contributed by atoms with Crippen LogP contribution in [0.5, 0.6) is 0 Å². The molecule has 6 atom stereocenters. The van der Waals surface area contributed by atoms with Crippen LogP contribution in [0, 0.1) is 23.1 Å². The third-order valence-corrected chi connectivity index (χ3v) is 9.05. The third-order valence-electron chi connectivity index (χ3n) is 9.05. The van der Waals surface area contributed by atoms with Gasteiger partial charge in [-0.3, -0.25) is 14.5 Å². The Morgan fingerprint density at radius 2 is 1.91 bits per heavy atom. The van der Waals surface area contributed by atoms with Crippen molar-refractivity contribution in [3.05, 3.63) is 35.6 Å². The van der Waals surface area contributed by atoms with E-state index in [1.54, 1.807) is 4.90 Å². The van der Waals surface area contributed by atoms with Crippen LogP contribution < -0.4 is 5.73 Å². The van der Waals surface area contributed by atoms with Gasteiger partial charge in [0.15, 0.2) is 0 Å². The van der Waals surface area contributed by atoms with E-state index in [2.05, 4.69) is 15.9 Å². The minimum atomic E-state index is -0.725. The molecule has 1 unspecified atom stereocenters. The lowest BCUT2D eigenvalue weighted by Crippen LogP contribution is -2.61. The summed E-state index contributed by atoms with van der Waals surface area (Å²) in [5.41, 5.74) is 7.02. The zero-order valence-corrected chi connectivity index (χ0v) is 19.4. The van der Waals surface area contributed by atoms with Gasteiger partial charge in [0.05, 0.1) is 23.7 Å². The van der Waals surface area contributed by atoms with Crippen LogP contribution in [0.1, 0.15) is 56.9 Å². The second kappa shape index (κ2) is 8.03. The number of nitrogens with two attached hydrogens (primary N) is 1. The van der Waals surface area contributed by atoms with E-state index in [-0.39, 0.29) is 47.3 Å². The Morgan fingerprint density at radius 1 is 1.18 bits per heavy atom. The van der Waals surface area contributed by atoms with Crippen LogP contribution in [0.3, 0.4) is 0 Å². The van der Waals surface area contributed by atoms with E-state index in [0.717, 1.165) is 56.9 Å². The number of carbonyl (C=O) groups excluding carboxylic acids is 2. The second-order valence-corrected chi connectivity index (χ2v) is 11.0. The first kappa shape index (κ1) is 22.0. The summed E-state index contributed by atoms with van der Waals surface area (Å²) in [6, 6.07) is 7.85. The molecule has 6 rings (SSSR count). The highest BCUT2D eigenvalue weighted by Crippen LogP contribution is 2.49. The minimum Gasteiger partial charge on any atom is -0.327 e. The maximum absolute atomic E-state index is 13.7. The topological polar surface area (TPSA) is 93.7 Å². The third kappa shape index (κ3) is 3.28. The van der Waals surface area contributed by atoms with Crippen molar-refractivity contribution >= 4 is 11.8 Å². The summed E-state index contributed by atoms with van der Waals surface area (Å²) in [6.45, 7) is 1.04. The van der Waals surface area contributed by atoms with Gasteiger partial charge in [-0.1, -0.05) is 31.4 Å².